The first-order chi connectivity index (χ1) is 10.7. The van der Waals surface area contributed by atoms with Gasteiger partial charge in [-0.1, -0.05) is 36.8 Å². The highest BCUT2D eigenvalue weighted by Crippen LogP contribution is 2.37. The van der Waals surface area contributed by atoms with Crippen LogP contribution in [0.5, 0.6) is 5.88 Å². The molecule has 2 aromatic rings. The summed E-state index contributed by atoms with van der Waals surface area (Å²) in [7, 11) is 0. The maximum Gasteiger partial charge on any atom is 0.258 e. The Morgan fingerprint density at radius 3 is 2.77 bits per heavy atom. The fourth-order valence-corrected chi connectivity index (χ4v) is 2.67. The third-order valence-corrected chi connectivity index (χ3v) is 4.05. The SMILES string of the molecule is Cc1cc(OCC(=O)NC(c2ccccc2)C2CCC2)no1. The van der Waals surface area contributed by atoms with E-state index in [-0.39, 0.29) is 18.6 Å². The van der Waals surface area contributed by atoms with Crippen LogP contribution in [0.2, 0.25) is 0 Å². The van der Waals surface area contributed by atoms with Gasteiger partial charge in [0, 0.05) is 6.07 Å². The molecule has 5 heteroatoms. The van der Waals surface area contributed by atoms with Crippen LogP contribution in [0.15, 0.2) is 40.9 Å². The van der Waals surface area contributed by atoms with Crippen LogP contribution in [0.3, 0.4) is 0 Å². The average Bonchev–Trinajstić information content (AvgIpc) is 2.89. The second kappa shape index (κ2) is 6.64. The summed E-state index contributed by atoms with van der Waals surface area (Å²) in [6, 6.07) is 11.8. The molecule has 1 aliphatic rings. The number of hydrogen-bond donors (Lipinski definition) is 1. The van der Waals surface area contributed by atoms with E-state index in [1.807, 2.05) is 18.2 Å². The molecule has 1 atom stereocenters. The minimum Gasteiger partial charge on any atom is -0.465 e. The number of carbonyl (C=O) groups excluding carboxylic acids is 1. The van der Waals surface area contributed by atoms with Crippen molar-refractivity contribution in [1.29, 1.82) is 0 Å². The highest BCUT2D eigenvalue weighted by Gasteiger charge is 2.29. The lowest BCUT2D eigenvalue weighted by Gasteiger charge is -2.34. The van der Waals surface area contributed by atoms with E-state index in [2.05, 4.69) is 22.6 Å². The summed E-state index contributed by atoms with van der Waals surface area (Å²) >= 11 is 0. The number of carbonyl (C=O) groups is 1. The van der Waals surface area contributed by atoms with Gasteiger partial charge >= 0.3 is 0 Å². The standard InChI is InChI=1S/C17H20N2O3/c1-12-10-16(19-22-12)21-11-15(20)18-17(14-8-5-9-14)13-6-3-2-4-7-13/h2-4,6-7,10,14,17H,5,8-9,11H2,1H3,(H,18,20). The fourth-order valence-electron chi connectivity index (χ4n) is 2.67. The second-order valence-electron chi connectivity index (χ2n) is 5.71. The molecule has 0 aliphatic heterocycles. The number of rotatable bonds is 6. The number of nitrogens with one attached hydrogen (secondary N) is 1. The maximum absolute atomic E-state index is 12.2. The minimum absolute atomic E-state index is 0.0535. The van der Waals surface area contributed by atoms with Crippen molar-refractivity contribution in [2.75, 3.05) is 6.61 Å². The van der Waals surface area contributed by atoms with E-state index in [1.165, 1.54) is 6.42 Å². The average molecular weight is 300 g/mol. The topological polar surface area (TPSA) is 64.4 Å². The first kappa shape index (κ1) is 14.6. The molecular weight excluding hydrogens is 280 g/mol. The number of amides is 1. The van der Waals surface area contributed by atoms with E-state index in [9.17, 15) is 4.79 Å². The van der Waals surface area contributed by atoms with Gasteiger partial charge in [0.1, 0.15) is 5.76 Å². The predicted molar refractivity (Wildman–Crippen MR) is 81.4 cm³/mol. The molecule has 1 fully saturated rings. The van der Waals surface area contributed by atoms with Gasteiger partial charge in [0.15, 0.2) is 6.61 Å². The number of hydrogen-bond acceptors (Lipinski definition) is 4. The molecule has 1 saturated carbocycles. The Kier molecular flexibility index (Phi) is 4.42. The molecular formula is C17H20N2O3. The van der Waals surface area contributed by atoms with Gasteiger partial charge < -0.3 is 14.6 Å². The molecule has 116 valence electrons. The highest BCUT2D eigenvalue weighted by atomic mass is 16.5. The molecule has 0 saturated heterocycles. The fraction of sp³-hybridized carbons (Fsp3) is 0.412. The Labute approximate surface area is 129 Å². The Hall–Kier alpha value is -2.30. The van der Waals surface area contributed by atoms with Crippen molar-refractivity contribution in [3.63, 3.8) is 0 Å². The molecule has 0 spiro atoms. The minimum atomic E-state index is -0.138. The molecule has 1 heterocycles. The van der Waals surface area contributed by atoms with Crippen LogP contribution >= 0.6 is 0 Å². The van der Waals surface area contributed by atoms with Gasteiger partial charge in [0.05, 0.1) is 6.04 Å². The van der Waals surface area contributed by atoms with E-state index in [4.69, 9.17) is 9.26 Å². The predicted octanol–water partition coefficient (Wildman–Crippen LogP) is 3.02. The quantitative estimate of drug-likeness (QED) is 0.890. The van der Waals surface area contributed by atoms with Crippen LogP contribution in [0.4, 0.5) is 0 Å². The van der Waals surface area contributed by atoms with Gasteiger partial charge in [-0.3, -0.25) is 4.79 Å². The molecule has 0 radical (unpaired) electrons. The lowest BCUT2D eigenvalue weighted by Crippen LogP contribution is -2.38. The number of aromatic nitrogens is 1. The molecule has 1 aromatic carbocycles. The van der Waals surface area contributed by atoms with Crippen LogP contribution in [0, 0.1) is 12.8 Å². The smallest absolute Gasteiger partial charge is 0.258 e. The van der Waals surface area contributed by atoms with Crippen LogP contribution < -0.4 is 10.1 Å². The monoisotopic (exact) mass is 300 g/mol. The zero-order valence-corrected chi connectivity index (χ0v) is 12.6. The molecule has 3 rings (SSSR count). The third kappa shape index (κ3) is 3.47. The Morgan fingerprint density at radius 1 is 1.41 bits per heavy atom. The molecule has 5 nitrogen and oxygen atoms in total. The number of nitrogens with zero attached hydrogens (tertiary/aromatic N) is 1. The van der Waals surface area contributed by atoms with Crippen molar-refractivity contribution in [3.8, 4) is 5.88 Å². The molecule has 1 aliphatic carbocycles. The summed E-state index contributed by atoms with van der Waals surface area (Å²) in [4.78, 5) is 12.2. The largest absolute Gasteiger partial charge is 0.465 e. The van der Waals surface area contributed by atoms with Gasteiger partial charge in [-0.15, -0.1) is 0 Å². The lowest BCUT2D eigenvalue weighted by molar-refractivity contribution is -0.124. The molecule has 1 amide bonds. The summed E-state index contributed by atoms with van der Waals surface area (Å²) < 4.78 is 10.2. The zero-order valence-electron chi connectivity index (χ0n) is 12.6. The van der Waals surface area contributed by atoms with E-state index in [0.717, 1.165) is 18.4 Å². The van der Waals surface area contributed by atoms with Crippen LogP contribution in [-0.4, -0.2) is 17.7 Å². The van der Waals surface area contributed by atoms with Crippen LogP contribution in [0.1, 0.15) is 36.6 Å². The van der Waals surface area contributed by atoms with Crippen molar-refractivity contribution < 1.29 is 14.1 Å². The molecule has 1 unspecified atom stereocenters. The van der Waals surface area contributed by atoms with Crippen molar-refractivity contribution in [2.45, 2.75) is 32.2 Å². The normalized spacial score (nSPS) is 15.9. The summed E-state index contributed by atoms with van der Waals surface area (Å²) in [5.41, 5.74) is 1.15. The van der Waals surface area contributed by atoms with Crippen LogP contribution in [0.25, 0.3) is 0 Å². The number of benzene rings is 1. The van der Waals surface area contributed by atoms with E-state index >= 15 is 0 Å². The van der Waals surface area contributed by atoms with Gasteiger partial charge in [0.25, 0.3) is 11.8 Å². The maximum atomic E-state index is 12.2. The summed E-state index contributed by atoms with van der Waals surface area (Å²) in [5, 5.41) is 6.80. The van der Waals surface area contributed by atoms with Crippen molar-refractivity contribution in [3.05, 3.63) is 47.7 Å². The molecule has 22 heavy (non-hydrogen) atoms. The van der Waals surface area contributed by atoms with E-state index in [1.54, 1.807) is 13.0 Å². The Bertz CT molecular complexity index is 620. The first-order valence-electron chi connectivity index (χ1n) is 7.63. The molecule has 1 aromatic heterocycles. The van der Waals surface area contributed by atoms with Gasteiger partial charge in [-0.25, -0.2) is 0 Å². The van der Waals surface area contributed by atoms with Gasteiger partial charge in [-0.05, 0) is 36.4 Å². The number of ether oxygens (including phenoxy) is 1. The number of aryl methyl sites for hydroxylation is 1. The van der Waals surface area contributed by atoms with Gasteiger partial charge in [-0.2, -0.15) is 0 Å². The molecule has 1 N–H and O–H groups in total. The van der Waals surface area contributed by atoms with Crippen molar-refractivity contribution >= 4 is 5.91 Å². The molecule has 0 bridgehead atoms. The Balaban J connectivity index is 1.59. The summed E-state index contributed by atoms with van der Waals surface area (Å²) in [6.45, 7) is 1.73. The third-order valence-electron chi connectivity index (χ3n) is 4.05. The van der Waals surface area contributed by atoms with Crippen molar-refractivity contribution in [2.24, 2.45) is 5.92 Å². The Morgan fingerprint density at radius 2 is 2.18 bits per heavy atom. The summed E-state index contributed by atoms with van der Waals surface area (Å²) in [6.07, 6.45) is 3.55. The lowest BCUT2D eigenvalue weighted by atomic mass is 9.77. The van der Waals surface area contributed by atoms with E-state index < -0.39 is 0 Å². The van der Waals surface area contributed by atoms with Crippen molar-refractivity contribution in [1.82, 2.24) is 10.5 Å². The van der Waals surface area contributed by atoms with E-state index in [0.29, 0.717) is 17.6 Å². The highest BCUT2D eigenvalue weighted by molar-refractivity contribution is 5.78. The van der Waals surface area contributed by atoms with Crippen LogP contribution in [-0.2, 0) is 4.79 Å². The zero-order chi connectivity index (χ0) is 15.4. The summed E-state index contributed by atoms with van der Waals surface area (Å²) in [5.74, 6) is 1.38. The second-order valence-corrected chi connectivity index (χ2v) is 5.71. The van der Waals surface area contributed by atoms with Gasteiger partial charge in [0.2, 0.25) is 0 Å². The first-order valence-corrected chi connectivity index (χ1v) is 7.63.